The Hall–Kier alpha value is -10.1. The molecule has 2 heterocycles. The summed E-state index contributed by atoms with van der Waals surface area (Å²) in [6.45, 7) is 25.3. The van der Waals surface area contributed by atoms with Crippen molar-refractivity contribution >= 4 is 90.5 Å². The van der Waals surface area contributed by atoms with Crippen LogP contribution in [0, 0.1) is 5.41 Å². The van der Waals surface area contributed by atoms with Crippen molar-refractivity contribution in [1.29, 1.82) is 5.41 Å². The summed E-state index contributed by atoms with van der Waals surface area (Å²) in [6, 6.07) is 53.2. The van der Waals surface area contributed by atoms with Gasteiger partial charge in [-0.05, 0) is 127 Å². The highest BCUT2D eigenvalue weighted by molar-refractivity contribution is 6.17. The van der Waals surface area contributed by atoms with Gasteiger partial charge < -0.3 is 26.3 Å². The average Bonchev–Trinajstić information content (AvgIpc) is 4.07. The van der Waals surface area contributed by atoms with E-state index < -0.39 is 0 Å². The summed E-state index contributed by atoms with van der Waals surface area (Å²) in [4.78, 5) is 2.33. The van der Waals surface area contributed by atoms with E-state index in [9.17, 15) is 5.41 Å². The monoisotopic (exact) mass is 1030 g/mol. The molecule has 2 aliphatic rings. The van der Waals surface area contributed by atoms with Crippen LogP contribution in [0.5, 0.6) is 0 Å². The lowest BCUT2D eigenvalue weighted by atomic mass is 9.91. The summed E-state index contributed by atoms with van der Waals surface area (Å²) >= 11 is 0. The third kappa shape index (κ3) is 10.7. The van der Waals surface area contributed by atoms with Crippen LogP contribution in [-0.4, -0.2) is 16.9 Å². The van der Waals surface area contributed by atoms with Gasteiger partial charge in [0, 0.05) is 86.2 Å². The molecule has 7 nitrogen and oxygen atoms in total. The second-order valence-electron chi connectivity index (χ2n) is 19.2. The molecule has 0 bridgehead atoms. The Balaban J connectivity index is 1.14. The molecule has 79 heavy (non-hydrogen) atoms. The van der Waals surface area contributed by atoms with Crippen LogP contribution >= 0.6 is 0 Å². The molecule has 0 atom stereocenters. The molecule has 5 N–H and O–H groups in total. The Labute approximate surface area is 465 Å². The van der Waals surface area contributed by atoms with Crippen molar-refractivity contribution in [3.05, 3.63) is 307 Å². The molecule has 1 aliphatic heterocycles. The number of benzene rings is 7. The van der Waals surface area contributed by atoms with Gasteiger partial charge in [-0.25, -0.2) is 0 Å². The van der Waals surface area contributed by atoms with Crippen molar-refractivity contribution < 1.29 is 0 Å². The van der Waals surface area contributed by atoms with Crippen LogP contribution in [0.1, 0.15) is 65.3 Å². The molecular formula is C72H65N7. The molecule has 0 saturated carbocycles. The molecule has 0 saturated heterocycles. The van der Waals surface area contributed by atoms with Gasteiger partial charge in [0.1, 0.15) is 0 Å². The molecule has 10 rings (SSSR count). The first-order valence-corrected chi connectivity index (χ1v) is 26.8. The zero-order valence-corrected chi connectivity index (χ0v) is 45.2. The predicted octanol–water partition coefficient (Wildman–Crippen LogP) is 18.3. The number of aromatic nitrogens is 1. The lowest BCUT2D eigenvalue weighted by Gasteiger charge is -2.26. The molecule has 0 amide bonds. The number of fused-ring (bicyclic) bond motifs is 4. The van der Waals surface area contributed by atoms with Crippen LogP contribution in [0.25, 0.3) is 56.4 Å². The maximum Gasteiger partial charge on any atom is 0.0802 e. The second kappa shape index (κ2) is 23.8. The van der Waals surface area contributed by atoms with E-state index in [4.69, 9.17) is 6.58 Å². The highest BCUT2D eigenvalue weighted by atomic mass is 15.4. The fourth-order valence-electron chi connectivity index (χ4n) is 10.7. The summed E-state index contributed by atoms with van der Waals surface area (Å²) in [5.41, 5.74) is 24.9. The van der Waals surface area contributed by atoms with Crippen molar-refractivity contribution in [2.45, 2.75) is 27.3 Å². The third-order valence-electron chi connectivity index (χ3n) is 14.3. The molecule has 388 valence electrons. The smallest absolute Gasteiger partial charge is 0.0802 e. The van der Waals surface area contributed by atoms with Crippen molar-refractivity contribution in [1.82, 2.24) is 9.99 Å². The normalized spacial score (nSPS) is 14.0. The number of anilines is 5. The highest BCUT2D eigenvalue weighted by Crippen LogP contribution is 2.42. The molecule has 0 radical (unpaired) electrons. The molecule has 0 fully saturated rings. The lowest BCUT2D eigenvalue weighted by Crippen LogP contribution is -2.20. The minimum atomic E-state index is 0.410. The van der Waals surface area contributed by atoms with E-state index in [1.54, 1.807) is 6.08 Å². The Morgan fingerprint density at radius 2 is 1.47 bits per heavy atom. The van der Waals surface area contributed by atoms with Gasteiger partial charge in [0.15, 0.2) is 0 Å². The maximum atomic E-state index is 9.32. The number of hydrogen-bond donors (Lipinski definition) is 5. The van der Waals surface area contributed by atoms with E-state index in [0.29, 0.717) is 5.71 Å². The van der Waals surface area contributed by atoms with Crippen molar-refractivity contribution in [3.63, 3.8) is 0 Å². The summed E-state index contributed by atoms with van der Waals surface area (Å²) < 4.78 is 2.20. The van der Waals surface area contributed by atoms with Crippen LogP contribution in [-0.2, 0) is 6.54 Å². The Kier molecular flexibility index (Phi) is 15.8. The highest BCUT2D eigenvalue weighted by Gasteiger charge is 2.24. The van der Waals surface area contributed by atoms with Gasteiger partial charge in [0.25, 0.3) is 0 Å². The van der Waals surface area contributed by atoms with Crippen molar-refractivity contribution in [3.8, 4) is 0 Å². The molecule has 1 aliphatic carbocycles. The SMILES string of the molecule is C=C/C=C(\C=C/C)Nc1c(C(=C)/C=C(\C=C/C)c2ccc3c(c2)c2ccc(N(CC)c4ccccc4)c(C=C)c2n3N/C(=C2/C=CC=CC2=N)c2ccc(C3=CNCc4ccccc43)cc2)ccc(Nc2ccccc2)c1C=C. The molecule has 7 aromatic carbocycles. The number of allylic oxidation sites excluding steroid dienone is 14. The lowest BCUT2D eigenvalue weighted by molar-refractivity contribution is 0.853. The van der Waals surface area contributed by atoms with E-state index >= 15 is 0 Å². The predicted molar refractivity (Wildman–Crippen MR) is 343 cm³/mol. The van der Waals surface area contributed by atoms with E-state index in [2.05, 4.69) is 197 Å². The van der Waals surface area contributed by atoms with Crippen LogP contribution in [0.15, 0.2) is 262 Å². The molecule has 0 spiro atoms. The minimum Gasteiger partial charge on any atom is -0.386 e. The summed E-state index contributed by atoms with van der Waals surface area (Å²) in [5.74, 6) is 0. The fraction of sp³-hybridized carbons (Fsp3) is 0.0694. The number of nitrogens with zero attached hydrogens (tertiary/aromatic N) is 2. The van der Waals surface area contributed by atoms with E-state index in [1.807, 2.05) is 105 Å². The number of hydrogen-bond acceptors (Lipinski definition) is 6. The minimum absolute atomic E-state index is 0.410. The molecule has 8 aromatic rings. The second-order valence-corrected chi connectivity index (χ2v) is 19.2. The number of para-hydroxylation sites is 2. The first-order chi connectivity index (χ1) is 38.8. The quantitative estimate of drug-likeness (QED) is 0.0522. The van der Waals surface area contributed by atoms with E-state index in [1.165, 1.54) is 11.1 Å². The zero-order chi connectivity index (χ0) is 54.8. The third-order valence-corrected chi connectivity index (χ3v) is 14.3. The van der Waals surface area contributed by atoms with Gasteiger partial charge in [0.2, 0.25) is 0 Å². The first-order valence-electron chi connectivity index (χ1n) is 26.8. The largest absolute Gasteiger partial charge is 0.386 e. The molecule has 1 aromatic heterocycles. The van der Waals surface area contributed by atoms with Crippen LogP contribution in [0.4, 0.5) is 28.4 Å². The summed E-state index contributed by atoms with van der Waals surface area (Å²) in [5, 5.41) is 22.2. The Bertz CT molecular complexity index is 3940. The summed E-state index contributed by atoms with van der Waals surface area (Å²) in [6.07, 6.45) is 27.9. The number of rotatable bonds is 19. The molecule has 7 heteroatoms. The van der Waals surface area contributed by atoms with Gasteiger partial charge in [-0.15, -0.1) is 0 Å². The zero-order valence-electron chi connectivity index (χ0n) is 45.2. The van der Waals surface area contributed by atoms with Crippen molar-refractivity contribution in [2.24, 2.45) is 0 Å². The molecular weight excluding hydrogens is 963 g/mol. The van der Waals surface area contributed by atoms with Crippen LogP contribution in [0.2, 0.25) is 0 Å². The maximum absolute atomic E-state index is 9.32. The topological polar surface area (TPSA) is 80.1 Å². The van der Waals surface area contributed by atoms with Crippen molar-refractivity contribution in [2.75, 3.05) is 27.5 Å². The van der Waals surface area contributed by atoms with Gasteiger partial charge in [0.05, 0.1) is 33.8 Å². The molecule has 0 unspecified atom stereocenters. The first kappa shape index (κ1) is 52.3. The average molecular weight is 1030 g/mol. The Morgan fingerprint density at radius 3 is 2.19 bits per heavy atom. The fourth-order valence-corrected chi connectivity index (χ4v) is 10.7. The standard InChI is InChI=1S/C72H65N7/c1-8-24-52(45-49(7)60-40-42-67(75-56-28-16-14-17-29-56)58(11-4)71(60)76-55(25-9-2)26-10-3)53-39-43-69-64(46-53)62-41-44-68(78(13-6)57-30-18-15-19-31-57)59(12-5)72(62)79(69)77-70(63-33-22-23-34-66(63)73)51-37-35-50(36-38-51)65-48-74-47-54-27-20-21-32-61(54)65/h8-12,14-46,48,73-77H,2,4-5,7,13,47H2,1,3,6H3/b24-8-,26-10-,52-45+,55-25+,70-63-,73-66?. The summed E-state index contributed by atoms with van der Waals surface area (Å²) in [7, 11) is 0. The van der Waals surface area contributed by atoms with Gasteiger partial charge in [-0.2, -0.15) is 0 Å². The van der Waals surface area contributed by atoms with E-state index in [-0.39, 0.29) is 0 Å². The van der Waals surface area contributed by atoms with Crippen LogP contribution in [0.3, 0.4) is 0 Å². The van der Waals surface area contributed by atoms with Gasteiger partial charge in [-0.1, -0.05) is 184 Å². The van der Waals surface area contributed by atoms with Gasteiger partial charge >= 0.3 is 0 Å². The van der Waals surface area contributed by atoms with Gasteiger partial charge in [-0.3, -0.25) is 10.1 Å². The van der Waals surface area contributed by atoms with Crippen LogP contribution < -0.4 is 26.3 Å². The number of nitrogens with one attached hydrogen (secondary N) is 5. The van der Waals surface area contributed by atoms with E-state index in [0.717, 1.165) is 130 Å². The Morgan fingerprint density at radius 1 is 0.747 bits per heavy atom.